The number of benzene rings is 2. The van der Waals surface area contributed by atoms with Crippen LogP contribution in [0.25, 0.3) is 11.3 Å². The fourth-order valence-corrected chi connectivity index (χ4v) is 2.92. The Bertz CT molecular complexity index is 893. The van der Waals surface area contributed by atoms with E-state index in [-0.39, 0.29) is 5.91 Å². The van der Waals surface area contributed by atoms with E-state index in [0.29, 0.717) is 16.6 Å². The van der Waals surface area contributed by atoms with Gasteiger partial charge in [-0.05, 0) is 43.3 Å². The topological polar surface area (TPSA) is 86.5 Å². The molecule has 0 bridgehead atoms. The molecule has 0 aliphatic carbocycles. The summed E-state index contributed by atoms with van der Waals surface area (Å²) in [6.45, 7) is 1.70. The van der Waals surface area contributed by atoms with Gasteiger partial charge in [0.25, 0.3) is 5.91 Å². The third kappa shape index (κ3) is 4.12. The molecule has 0 saturated heterocycles. The summed E-state index contributed by atoms with van der Waals surface area (Å²) in [5.74, 6) is 1.06. The van der Waals surface area contributed by atoms with Gasteiger partial charge in [-0.1, -0.05) is 12.1 Å². The highest BCUT2D eigenvalue weighted by atomic mass is 32.1. The molecule has 134 valence electrons. The van der Waals surface area contributed by atoms with Gasteiger partial charge in [0.15, 0.2) is 11.2 Å². The molecule has 3 aromatic rings. The van der Waals surface area contributed by atoms with Crippen LogP contribution in [0.2, 0.25) is 0 Å². The largest absolute Gasteiger partial charge is 0.497 e. The molecule has 1 amide bonds. The molecule has 3 N–H and O–H groups in total. The van der Waals surface area contributed by atoms with Crippen LogP contribution in [0.5, 0.6) is 11.5 Å². The van der Waals surface area contributed by atoms with Gasteiger partial charge in [-0.15, -0.1) is 11.3 Å². The Balaban J connectivity index is 1.71. The summed E-state index contributed by atoms with van der Waals surface area (Å²) < 4.78 is 11.0. The minimum absolute atomic E-state index is 0.247. The van der Waals surface area contributed by atoms with Gasteiger partial charge in [0.05, 0.1) is 12.8 Å². The normalized spacial score (nSPS) is 11.6. The Labute approximate surface area is 155 Å². The highest BCUT2D eigenvalue weighted by molar-refractivity contribution is 7.13. The molecule has 26 heavy (non-hydrogen) atoms. The van der Waals surface area contributed by atoms with Crippen LogP contribution in [0.15, 0.2) is 53.9 Å². The van der Waals surface area contributed by atoms with Crippen molar-refractivity contribution in [3.8, 4) is 22.8 Å². The molecule has 1 heterocycles. The number of para-hydroxylation sites is 1. The van der Waals surface area contributed by atoms with Gasteiger partial charge in [0, 0.05) is 16.6 Å². The Kier molecular flexibility index (Phi) is 5.38. The molecule has 1 atom stereocenters. The highest BCUT2D eigenvalue weighted by Gasteiger charge is 2.18. The van der Waals surface area contributed by atoms with Crippen molar-refractivity contribution in [1.82, 2.24) is 4.98 Å². The predicted molar refractivity (Wildman–Crippen MR) is 104 cm³/mol. The molecule has 6 nitrogen and oxygen atoms in total. The van der Waals surface area contributed by atoms with Crippen molar-refractivity contribution in [2.24, 2.45) is 0 Å². The molecule has 3 rings (SSSR count). The first kappa shape index (κ1) is 17.8. The number of nitrogen functional groups attached to an aromatic ring is 1. The summed E-state index contributed by atoms with van der Waals surface area (Å²) in [5.41, 5.74) is 7.91. The molecule has 0 aliphatic heterocycles. The number of rotatable bonds is 6. The maximum Gasteiger partial charge on any atom is 0.265 e. The van der Waals surface area contributed by atoms with Crippen LogP contribution >= 0.6 is 11.3 Å². The summed E-state index contributed by atoms with van der Waals surface area (Å²) in [7, 11) is 1.59. The third-order valence-corrected chi connectivity index (χ3v) is 4.39. The van der Waals surface area contributed by atoms with Crippen LogP contribution in [0, 0.1) is 0 Å². The zero-order valence-electron chi connectivity index (χ0n) is 14.4. The fourth-order valence-electron chi connectivity index (χ4n) is 2.35. The van der Waals surface area contributed by atoms with Crippen molar-refractivity contribution in [3.05, 3.63) is 53.9 Å². The lowest BCUT2D eigenvalue weighted by Crippen LogP contribution is -2.30. The van der Waals surface area contributed by atoms with E-state index in [2.05, 4.69) is 10.3 Å². The number of hydrogen-bond acceptors (Lipinski definition) is 6. The second-order valence-corrected chi connectivity index (χ2v) is 6.43. The van der Waals surface area contributed by atoms with Gasteiger partial charge in [0.2, 0.25) is 0 Å². The molecule has 0 spiro atoms. The van der Waals surface area contributed by atoms with E-state index in [9.17, 15) is 4.79 Å². The van der Waals surface area contributed by atoms with Gasteiger partial charge in [-0.3, -0.25) is 4.79 Å². The first-order chi connectivity index (χ1) is 12.6. The number of nitrogens with zero attached hydrogens (tertiary/aromatic N) is 1. The average Bonchev–Trinajstić information content (AvgIpc) is 3.09. The number of methoxy groups -OCH3 is 1. The predicted octanol–water partition coefficient (Wildman–Crippen LogP) is 3.81. The quantitative estimate of drug-likeness (QED) is 0.690. The lowest BCUT2D eigenvalue weighted by molar-refractivity contribution is -0.122. The number of nitrogens with two attached hydrogens (primary N) is 1. The van der Waals surface area contributed by atoms with Crippen LogP contribution < -0.4 is 20.5 Å². The van der Waals surface area contributed by atoms with E-state index < -0.39 is 6.10 Å². The number of anilines is 2. The van der Waals surface area contributed by atoms with E-state index in [0.717, 1.165) is 17.0 Å². The molecule has 0 radical (unpaired) electrons. The standard InChI is InChI=1S/C19H19N3O3S/c1-12(18(23)21-13-7-9-14(24-2)10-8-13)25-17-6-4-3-5-15(17)16-11-26-19(20)22-16/h3-12H,1-2H3,(H2,20,22)(H,21,23). The molecule has 7 heteroatoms. The minimum Gasteiger partial charge on any atom is -0.497 e. The van der Waals surface area contributed by atoms with Crippen LogP contribution in [0.3, 0.4) is 0 Å². The number of carbonyl (C=O) groups is 1. The van der Waals surface area contributed by atoms with E-state index in [4.69, 9.17) is 15.2 Å². The van der Waals surface area contributed by atoms with Gasteiger partial charge in [-0.25, -0.2) is 4.98 Å². The smallest absolute Gasteiger partial charge is 0.265 e. The summed E-state index contributed by atoms with van der Waals surface area (Å²) in [6, 6.07) is 14.5. The number of carbonyl (C=O) groups excluding carboxylic acids is 1. The van der Waals surface area contributed by atoms with E-state index in [1.807, 2.05) is 29.6 Å². The lowest BCUT2D eigenvalue weighted by atomic mass is 10.1. The van der Waals surface area contributed by atoms with Crippen molar-refractivity contribution >= 4 is 28.1 Å². The molecule has 0 saturated carbocycles. The van der Waals surface area contributed by atoms with Crippen LogP contribution in [-0.2, 0) is 4.79 Å². The van der Waals surface area contributed by atoms with Crippen molar-refractivity contribution in [2.75, 3.05) is 18.2 Å². The third-order valence-electron chi connectivity index (χ3n) is 3.72. The molecule has 1 unspecified atom stereocenters. The molecule has 0 fully saturated rings. The zero-order chi connectivity index (χ0) is 18.5. The van der Waals surface area contributed by atoms with Crippen LogP contribution in [0.4, 0.5) is 10.8 Å². The van der Waals surface area contributed by atoms with Crippen molar-refractivity contribution in [2.45, 2.75) is 13.0 Å². The van der Waals surface area contributed by atoms with Crippen LogP contribution in [0.1, 0.15) is 6.92 Å². The number of amides is 1. The Hall–Kier alpha value is -3.06. The molecule has 2 aromatic carbocycles. The van der Waals surface area contributed by atoms with Gasteiger partial charge < -0.3 is 20.5 Å². The first-order valence-corrected chi connectivity index (χ1v) is 8.87. The fraction of sp³-hybridized carbons (Fsp3) is 0.158. The number of nitrogens with one attached hydrogen (secondary N) is 1. The maximum atomic E-state index is 12.4. The maximum absolute atomic E-state index is 12.4. The number of ether oxygens (including phenoxy) is 2. The van der Waals surface area contributed by atoms with Gasteiger partial charge in [0.1, 0.15) is 11.5 Å². The van der Waals surface area contributed by atoms with Gasteiger partial charge in [-0.2, -0.15) is 0 Å². The Morgan fingerprint density at radius 3 is 2.58 bits per heavy atom. The van der Waals surface area contributed by atoms with Crippen molar-refractivity contribution in [3.63, 3.8) is 0 Å². The monoisotopic (exact) mass is 369 g/mol. The summed E-state index contributed by atoms with van der Waals surface area (Å²) in [4.78, 5) is 16.7. The summed E-state index contributed by atoms with van der Waals surface area (Å²) in [5, 5.41) is 5.17. The van der Waals surface area contributed by atoms with E-state index in [1.54, 1.807) is 38.3 Å². The average molecular weight is 369 g/mol. The SMILES string of the molecule is COc1ccc(NC(=O)C(C)Oc2ccccc2-c2csc(N)n2)cc1. The second kappa shape index (κ2) is 7.88. The Morgan fingerprint density at radius 1 is 1.19 bits per heavy atom. The van der Waals surface area contributed by atoms with E-state index >= 15 is 0 Å². The van der Waals surface area contributed by atoms with Crippen molar-refractivity contribution < 1.29 is 14.3 Å². The van der Waals surface area contributed by atoms with E-state index in [1.165, 1.54) is 11.3 Å². The number of aromatic nitrogens is 1. The lowest BCUT2D eigenvalue weighted by Gasteiger charge is -2.17. The molecular formula is C19H19N3O3S. The molecular weight excluding hydrogens is 350 g/mol. The summed E-state index contributed by atoms with van der Waals surface area (Å²) >= 11 is 1.36. The Morgan fingerprint density at radius 2 is 1.92 bits per heavy atom. The minimum atomic E-state index is -0.686. The molecule has 0 aliphatic rings. The number of hydrogen-bond donors (Lipinski definition) is 2. The first-order valence-electron chi connectivity index (χ1n) is 7.99. The highest BCUT2D eigenvalue weighted by Crippen LogP contribution is 2.32. The second-order valence-electron chi connectivity index (χ2n) is 5.54. The summed E-state index contributed by atoms with van der Waals surface area (Å²) in [6.07, 6.45) is -0.686. The van der Waals surface area contributed by atoms with Gasteiger partial charge >= 0.3 is 0 Å². The van der Waals surface area contributed by atoms with Crippen LogP contribution in [-0.4, -0.2) is 24.1 Å². The molecule has 1 aromatic heterocycles. The zero-order valence-corrected chi connectivity index (χ0v) is 15.2. The number of thiazole rings is 1. The van der Waals surface area contributed by atoms with Crippen molar-refractivity contribution in [1.29, 1.82) is 0 Å².